The van der Waals surface area contributed by atoms with E-state index >= 15 is 0 Å². The van der Waals surface area contributed by atoms with Crippen molar-refractivity contribution >= 4 is 17.2 Å². The number of hydrogen-bond acceptors (Lipinski definition) is 5. The van der Waals surface area contributed by atoms with Gasteiger partial charge in [-0.15, -0.1) is 11.3 Å². The third kappa shape index (κ3) is 4.63. The monoisotopic (exact) mass is 382 g/mol. The lowest BCUT2D eigenvalue weighted by atomic mass is 10.2. The minimum atomic E-state index is -0.183. The maximum absolute atomic E-state index is 12.4. The molecule has 0 saturated carbocycles. The quantitative estimate of drug-likeness (QED) is 0.688. The van der Waals surface area contributed by atoms with Gasteiger partial charge < -0.3 is 10.1 Å². The SMILES string of the molecule is O=C(NCC1CN(Cc2ccccc2)CCO1)c1cc(-c2cccs2)[nH]n1. The maximum atomic E-state index is 12.4. The molecule has 2 N–H and O–H groups in total. The minimum absolute atomic E-state index is 0.0119. The van der Waals surface area contributed by atoms with Gasteiger partial charge in [-0.2, -0.15) is 5.10 Å². The normalized spacial score (nSPS) is 17.7. The summed E-state index contributed by atoms with van der Waals surface area (Å²) in [6.45, 7) is 3.76. The third-order valence-corrected chi connectivity index (χ3v) is 5.46. The van der Waals surface area contributed by atoms with Gasteiger partial charge in [-0.05, 0) is 23.1 Å². The van der Waals surface area contributed by atoms with E-state index in [0.717, 1.165) is 30.2 Å². The van der Waals surface area contributed by atoms with E-state index in [4.69, 9.17) is 4.74 Å². The Morgan fingerprint density at radius 1 is 1.30 bits per heavy atom. The third-order valence-electron chi connectivity index (χ3n) is 4.56. The zero-order valence-electron chi connectivity index (χ0n) is 14.9. The second kappa shape index (κ2) is 8.47. The van der Waals surface area contributed by atoms with Crippen molar-refractivity contribution < 1.29 is 9.53 Å². The van der Waals surface area contributed by atoms with E-state index in [1.165, 1.54) is 5.56 Å². The summed E-state index contributed by atoms with van der Waals surface area (Å²) in [7, 11) is 0. The molecule has 1 amide bonds. The first-order valence-corrected chi connectivity index (χ1v) is 9.91. The molecule has 27 heavy (non-hydrogen) atoms. The Bertz CT molecular complexity index is 863. The summed E-state index contributed by atoms with van der Waals surface area (Å²) in [5.41, 5.74) is 2.55. The van der Waals surface area contributed by atoms with Crippen LogP contribution in [0.1, 0.15) is 16.1 Å². The topological polar surface area (TPSA) is 70.2 Å². The number of carbonyl (C=O) groups is 1. The summed E-state index contributed by atoms with van der Waals surface area (Å²) >= 11 is 1.61. The van der Waals surface area contributed by atoms with E-state index in [2.05, 4.69) is 44.7 Å². The van der Waals surface area contributed by atoms with Crippen molar-refractivity contribution in [2.24, 2.45) is 0 Å². The molecule has 0 bridgehead atoms. The molecule has 1 aromatic carbocycles. The number of rotatable bonds is 6. The Morgan fingerprint density at radius 3 is 3.00 bits per heavy atom. The number of H-pyrrole nitrogens is 1. The standard InChI is InChI=1S/C20H22N4O2S/c25-20(18-11-17(22-23-18)19-7-4-10-27-19)21-12-16-14-24(8-9-26-16)13-15-5-2-1-3-6-15/h1-7,10-11,16H,8-9,12-14H2,(H,21,25)(H,22,23). The molecular formula is C20H22N4O2S. The molecule has 1 saturated heterocycles. The van der Waals surface area contributed by atoms with E-state index < -0.39 is 0 Å². The lowest BCUT2D eigenvalue weighted by Gasteiger charge is -2.33. The highest BCUT2D eigenvalue weighted by atomic mass is 32.1. The second-order valence-electron chi connectivity index (χ2n) is 6.57. The van der Waals surface area contributed by atoms with Gasteiger partial charge in [-0.1, -0.05) is 36.4 Å². The van der Waals surface area contributed by atoms with Gasteiger partial charge in [0.05, 0.1) is 23.3 Å². The summed E-state index contributed by atoms with van der Waals surface area (Å²) in [6.07, 6.45) is -0.0119. The number of nitrogens with zero attached hydrogens (tertiary/aromatic N) is 2. The molecule has 4 rings (SSSR count). The summed E-state index contributed by atoms with van der Waals surface area (Å²) < 4.78 is 5.81. The highest BCUT2D eigenvalue weighted by Crippen LogP contribution is 2.22. The number of nitrogens with one attached hydrogen (secondary N) is 2. The van der Waals surface area contributed by atoms with Crippen LogP contribution < -0.4 is 5.32 Å². The van der Waals surface area contributed by atoms with E-state index in [9.17, 15) is 4.79 Å². The molecule has 0 aliphatic carbocycles. The smallest absolute Gasteiger partial charge is 0.271 e. The number of benzene rings is 1. The van der Waals surface area contributed by atoms with Crippen LogP contribution in [0.5, 0.6) is 0 Å². The maximum Gasteiger partial charge on any atom is 0.271 e. The number of morpholine rings is 1. The van der Waals surface area contributed by atoms with Crippen molar-refractivity contribution in [3.05, 3.63) is 65.2 Å². The van der Waals surface area contributed by atoms with Crippen molar-refractivity contribution in [3.8, 4) is 10.6 Å². The van der Waals surface area contributed by atoms with Gasteiger partial charge in [-0.3, -0.25) is 14.8 Å². The van der Waals surface area contributed by atoms with Crippen molar-refractivity contribution in [1.29, 1.82) is 0 Å². The van der Waals surface area contributed by atoms with Crippen molar-refractivity contribution in [3.63, 3.8) is 0 Å². The highest BCUT2D eigenvalue weighted by Gasteiger charge is 2.22. The van der Waals surface area contributed by atoms with Crippen LogP contribution in [0.4, 0.5) is 0 Å². The molecule has 1 atom stereocenters. The highest BCUT2D eigenvalue weighted by molar-refractivity contribution is 7.13. The van der Waals surface area contributed by atoms with Crippen LogP contribution in [-0.2, 0) is 11.3 Å². The lowest BCUT2D eigenvalue weighted by molar-refractivity contribution is -0.0292. The Kier molecular flexibility index (Phi) is 5.62. The number of aromatic nitrogens is 2. The van der Waals surface area contributed by atoms with Crippen LogP contribution >= 0.6 is 11.3 Å². The Balaban J connectivity index is 1.28. The second-order valence-corrected chi connectivity index (χ2v) is 7.52. The Hall–Kier alpha value is -2.48. The molecular weight excluding hydrogens is 360 g/mol. The van der Waals surface area contributed by atoms with Crippen molar-refractivity contribution in [1.82, 2.24) is 20.4 Å². The Morgan fingerprint density at radius 2 is 2.19 bits per heavy atom. The average molecular weight is 382 g/mol. The summed E-state index contributed by atoms with van der Waals surface area (Å²) in [6, 6.07) is 16.2. The summed E-state index contributed by atoms with van der Waals surface area (Å²) in [4.78, 5) is 15.8. The number of hydrogen-bond donors (Lipinski definition) is 2. The minimum Gasteiger partial charge on any atom is -0.374 e. The summed E-state index contributed by atoms with van der Waals surface area (Å²) in [5.74, 6) is -0.183. The number of aromatic amines is 1. The van der Waals surface area contributed by atoms with Gasteiger partial charge in [0.25, 0.3) is 5.91 Å². The zero-order chi connectivity index (χ0) is 18.5. The molecule has 140 valence electrons. The predicted octanol–water partition coefficient (Wildman–Crippen LogP) is 2.77. The van der Waals surface area contributed by atoms with Crippen LogP contribution in [0.3, 0.4) is 0 Å². The van der Waals surface area contributed by atoms with Gasteiger partial charge in [0.1, 0.15) is 0 Å². The molecule has 0 spiro atoms. The first-order chi connectivity index (χ1) is 13.3. The van der Waals surface area contributed by atoms with Gasteiger partial charge in [0.15, 0.2) is 5.69 Å². The van der Waals surface area contributed by atoms with Crippen molar-refractivity contribution in [2.45, 2.75) is 12.6 Å². The molecule has 3 heterocycles. The van der Waals surface area contributed by atoms with Gasteiger partial charge >= 0.3 is 0 Å². The molecule has 2 aromatic heterocycles. The van der Waals surface area contributed by atoms with Gasteiger partial charge in [0, 0.05) is 26.2 Å². The fourth-order valence-electron chi connectivity index (χ4n) is 3.18. The van der Waals surface area contributed by atoms with Crippen LogP contribution in [0.15, 0.2) is 53.9 Å². The van der Waals surface area contributed by atoms with E-state index in [1.807, 2.05) is 23.6 Å². The lowest BCUT2D eigenvalue weighted by Crippen LogP contribution is -2.47. The molecule has 7 heteroatoms. The molecule has 0 radical (unpaired) electrons. The first kappa shape index (κ1) is 17.9. The van der Waals surface area contributed by atoms with Crippen LogP contribution in [0.2, 0.25) is 0 Å². The van der Waals surface area contributed by atoms with E-state index in [1.54, 1.807) is 17.4 Å². The van der Waals surface area contributed by atoms with Crippen molar-refractivity contribution in [2.75, 3.05) is 26.2 Å². The summed E-state index contributed by atoms with van der Waals surface area (Å²) in [5, 5.41) is 12.0. The molecule has 1 aliphatic rings. The zero-order valence-corrected chi connectivity index (χ0v) is 15.7. The Labute approximate surface area is 162 Å². The van der Waals surface area contributed by atoms with Gasteiger partial charge in [0.2, 0.25) is 0 Å². The fraction of sp³-hybridized carbons (Fsp3) is 0.300. The van der Waals surface area contributed by atoms with E-state index in [0.29, 0.717) is 18.8 Å². The van der Waals surface area contributed by atoms with Crippen LogP contribution in [-0.4, -0.2) is 53.3 Å². The van der Waals surface area contributed by atoms with Crippen LogP contribution in [0.25, 0.3) is 10.6 Å². The number of ether oxygens (including phenoxy) is 1. The largest absolute Gasteiger partial charge is 0.374 e. The molecule has 1 unspecified atom stereocenters. The number of amides is 1. The molecule has 3 aromatic rings. The van der Waals surface area contributed by atoms with Crippen LogP contribution in [0, 0.1) is 0 Å². The fourth-order valence-corrected chi connectivity index (χ4v) is 3.87. The molecule has 1 fully saturated rings. The number of thiophene rings is 1. The molecule has 6 nitrogen and oxygen atoms in total. The molecule has 1 aliphatic heterocycles. The number of carbonyl (C=O) groups excluding carboxylic acids is 1. The van der Waals surface area contributed by atoms with Gasteiger partial charge in [-0.25, -0.2) is 0 Å². The predicted molar refractivity (Wildman–Crippen MR) is 106 cm³/mol. The first-order valence-electron chi connectivity index (χ1n) is 9.03. The van der Waals surface area contributed by atoms with E-state index in [-0.39, 0.29) is 12.0 Å². The average Bonchev–Trinajstić information content (AvgIpc) is 3.39.